The molecule has 0 aliphatic rings. The highest BCUT2D eigenvalue weighted by Gasteiger charge is 1.98. The SMILES string of the molecule is C=CO.CC(=O)CC(=O)O. The number of aliphatic carboxylic acids is 1. The van der Waals surface area contributed by atoms with Crippen molar-refractivity contribution in [2.75, 3.05) is 0 Å². The van der Waals surface area contributed by atoms with Gasteiger partial charge in [0.1, 0.15) is 12.2 Å². The van der Waals surface area contributed by atoms with E-state index in [-0.39, 0.29) is 12.2 Å². The topological polar surface area (TPSA) is 74.6 Å². The molecule has 4 nitrogen and oxygen atoms in total. The third-order valence-corrected chi connectivity index (χ3v) is 0.400. The Morgan fingerprint density at radius 1 is 1.60 bits per heavy atom. The Bertz CT molecular complexity index is 116. The Morgan fingerprint density at radius 3 is 1.90 bits per heavy atom. The van der Waals surface area contributed by atoms with Gasteiger partial charge in [-0.3, -0.25) is 9.59 Å². The molecule has 0 saturated heterocycles. The van der Waals surface area contributed by atoms with Crippen molar-refractivity contribution >= 4 is 11.8 Å². The zero-order chi connectivity index (χ0) is 8.57. The van der Waals surface area contributed by atoms with E-state index in [1.54, 1.807) is 0 Å². The maximum absolute atomic E-state index is 9.87. The first-order chi connectivity index (χ1) is 4.54. The van der Waals surface area contributed by atoms with E-state index >= 15 is 0 Å². The lowest BCUT2D eigenvalue weighted by Gasteiger charge is -1.80. The normalized spacial score (nSPS) is 6.90. The number of aliphatic hydroxyl groups excluding tert-OH is 1. The molecule has 58 valence electrons. The van der Waals surface area contributed by atoms with E-state index < -0.39 is 5.97 Å². The van der Waals surface area contributed by atoms with Gasteiger partial charge >= 0.3 is 5.97 Å². The predicted octanol–water partition coefficient (Wildman–Crippen LogP) is 0.738. The van der Waals surface area contributed by atoms with Crippen LogP contribution < -0.4 is 0 Å². The second-order valence-electron chi connectivity index (χ2n) is 1.46. The lowest BCUT2D eigenvalue weighted by atomic mass is 10.3. The van der Waals surface area contributed by atoms with E-state index in [9.17, 15) is 9.59 Å². The Labute approximate surface area is 58.8 Å². The molecule has 0 atom stereocenters. The fraction of sp³-hybridized carbons (Fsp3) is 0.333. The first-order valence-electron chi connectivity index (χ1n) is 2.51. The molecule has 0 unspecified atom stereocenters. The summed E-state index contributed by atoms with van der Waals surface area (Å²) in [6.45, 7) is 4.16. The van der Waals surface area contributed by atoms with Crippen LogP contribution in [0.5, 0.6) is 0 Å². The van der Waals surface area contributed by atoms with E-state index in [0.29, 0.717) is 0 Å². The van der Waals surface area contributed by atoms with Gasteiger partial charge in [0.2, 0.25) is 0 Å². The standard InChI is InChI=1S/C4H6O3.C2H4O/c1-3(5)2-4(6)7;1-2-3/h2H2,1H3,(H,6,7);2-3H,1H2. The van der Waals surface area contributed by atoms with Crippen LogP contribution in [0.25, 0.3) is 0 Å². The molecule has 10 heavy (non-hydrogen) atoms. The van der Waals surface area contributed by atoms with Gasteiger partial charge in [0.15, 0.2) is 0 Å². The summed E-state index contributed by atoms with van der Waals surface area (Å²) in [6, 6.07) is 0. The number of carboxylic acid groups (broad SMARTS) is 1. The van der Waals surface area contributed by atoms with Crippen LogP contribution in [0.3, 0.4) is 0 Å². The lowest BCUT2D eigenvalue weighted by molar-refractivity contribution is -0.139. The highest BCUT2D eigenvalue weighted by molar-refractivity contribution is 5.93. The molecule has 0 aromatic heterocycles. The number of hydrogen-bond acceptors (Lipinski definition) is 3. The van der Waals surface area contributed by atoms with Crippen molar-refractivity contribution < 1.29 is 19.8 Å². The summed E-state index contributed by atoms with van der Waals surface area (Å²) in [5.74, 6) is -1.37. The molecule has 2 N–H and O–H groups in total. The Morgan fingerprint density at radius 2 is 1.90 bits per heavy atom. The Hall–Kier alpha value is -1.32. The molecule has 0 saturated carbocycles. The van der Waals surface area contributed by atoms with Gasteiger partial charge in [0, 0.05) is 0 Å². The van der Waals surface area contributed by atoms with Crippen molar-refractivity contribution in [3.63, 3.8) is 0 Å². The molecule has 0 spiro atoms. The molecule has 0 bridgehead atoms. The number of aliphatic hydroxyl groups is 1. The molecular weight excluding hydrogens is 136 g/mol. The number of carbonyl (C=O) groups is 2. The van der Waals surface area contributed by atoms with E-state index in [1.165, 1.54) is 6.92 Å². The summed E-state index contributed by atoms with van der Waals surface area (Å²) in [5, 5.41) is 15.2. The predicted molar refractivity (Wildman–Crippen MR) is 35.8 cm³/mol. The molecular formula is C6H10O4. The minimum atomic E-state index is -1.06. The van der Waals surface area contributed by atoms with Crippen LogP contribution in [0.4, 0.5) is 0 Å². The van der Waals surface area contributed by atoms with E-state index in [2.05, 4.69) is 6.58 Å². The van der Waals surface area contributed by atoms with E-state index in [1.807, 2.05) is 0 Å². The summed E-state index contributed by atoms with van der Waals surface area (Å²) < 4.78 is 0. The van der Waals surface area contributed by atoms with Crippen LogP contribution in [0.1, 0.15) is 13.3 Å². The number of carboxylic acids is 1. The molecule has 0 radical (unpaired) electrons. The third-order valence-electron chi connectivity index (χ3n) is 0.400. The minimum absolute atomic E-state index is 0.312. The molecule has 0 rings (SSSR count). The first kappa shape index (κ1) is 11.5. The van der Waals surface area contributed by atoms with Gasteiger partial charge in [-0.2, -0.15) is 0 Å². The number of rotatable bonds is 2. The van der Waals surface area contributed by atoms with Gasteiger partial charge in [-0.05, 0) is 6.92 Å². The van der Waals surface area contributed by atoms with E-state index in [4.69, 9.17) is 10.2 Å². The highest BCUT2D eigenvalue weighted by Crippen LogP contribution is 1.77. The van der Waals surface area contributed by atoms with Gasteiger partial charge in [0.25, 0.3) is 0 Å². The van der Waals surface area contributed by atoms with Gasteiger partial charge in [-0.25, -0.2) is 0 Å². The highest BCUT2D eigenvalue weighted by atomic mass is 16.4. The minimum Gasteiger partial charge on any atom is -0.516 e. The summed E-state index contributed by atoms with van der Waals surface area (Å²) in [6.07, 6.45) is 0.389. The van der Waals surface area contributed by atoms with Gasteiger partial charge in [-0.15, -0.1) is 0 Å². The number of Topliss-reactive ketones (excluding diaryl/α,β-unsaturated/α-hetero) is 1. The number of carbonyl (C=O) groups excluding carboxylic acids is 1. The van der Waals surface area contributed by atoms with E-state index in [0.717, 1.165) is 6.26 Å². The maximum Gasteiger partial charge on any atom is 0.310 e. The fourth-order valence-electron chi connectivity index (χ4n) is 0.213. The van der Waals surface area contributed by atoms with Crippen LogP contribution >= 0.6 is 0 Å². The van der Waals surface area contributed by atoms with Gasteiger partial charge in [-0.1, -0.05) is 6.58 Å². The monoisotopic (exact) mass is 146 g/mol. The third kappa shape index (κ3) is 30.0. The zero-order valence-electron chi connectivity index (χ0n) is 5.70. The molecule has 0 aliphatic heterocycles. The average Bonchev–Trinajstić information content (AvgIpc) is 1.62. The lowest BCUT2D eigenvalue weighted by Crippen LogP contribution is -2.00. The molecule has 4 heteroatoms. The van der Waals surface area contributed by atoms with Gasteiger partial charge in [0.05, 0.1) is 6.26 Å². The zero-order valence-corrected chi connectivity index (χ0v) is 5.70. The molecule has 0 amide bonds. The van der Waals surface area contributed by atoms with Gasteiger partial charge < -0.3 is 10.2 Å². The van der Waals surface area contributed by atoms with Crippen LogP contribution in [-0.2, 0) is 9.59 Å². The molecule has 0 heterocycles. The van der Waals surface area contributed by atoms with Crippen LogP contribution in [-0.4, -0.2) is 22.0 Å². The molecule has 0 aromatic carbocycles. The summed E-state index contributed by atoms with van der Waals surface area (Å²) in [5.41, 5.74) is 0. The molecule has 0 fully saturated rings. The largest absolute Gasteiger partial charge is 0.516 e. The van der Waals surface area contributed by atoms with Crippen molar-refractivity contribution in [2.45, 2.75) is 13.3 Å². The van der Waals surface area contributed by atoms with Crippen molar-refractivity contribution in [3.05, 3.63) is 12.8 Å². The second kappa shape index (κ2) is 7.68. The Kier molecular flexibility index (Phi) is 8.81. The van der Waals surface area contributed by atoms with Crippen molar-refractivity contribution in [2.24, 2.45) is 0 Å². The van der Waals surface area contributed by atoms with Crippen LogP contribution in [0.15, 0.2) is 12.8 Å². The van der Waals surface area contributed by atoms with Crippen molar-refractivity contribution in [3.8, 4) is 0 Å². The second-order valence-corrected chi connectivity index (χ2v) is 1.46. The smallest absolute Gasteiger partial charge is 0.310 e. The van der Waals surface area contributed by atoms with Crippen molar-refractivity contribution in [1.29, 1.82) is 0 Å². The summed E-state index contributed by atoms with van der Waals surface area (Å²) in [7, 11) is 0. The van der Waals surface area contributed by atoms with Crippen molar-refractivity contribution in [1.82, 2.24) is 0 Å². The Balaban J connectivity index is 0. The molecule has 0 aromatic rings. The number of hydrogen-bond donors (Lipinski definition) is 2. The van der Waals surface area contributed by atoms with Crippen LogP contribution in [0, 0.1) is 0 Å². The average molecular weight is 146 g/mol. The molecule has 0 aliphatic carbocycles. The number of ketones is 1. The summed E-state index contributed by atoms with van der Waals surface area (Å²) >= 11 is 0. The fourth-order valence-corrected chi connectivity index (χ4v) is 0.213. The van der Waals surface area contributed by atoms with Crippen LogP contribution in [0.2, 0.25) is 0 Å². The first-order valence-corrected chi connectivity index (χ1v) is 2.51. The maximum atomic E-state index is 9.87. The quantitative estimate of drug-likeness (QED) is 0.445. The summed E-state index contributed by atoms with van der Waals surface area (Å²) in [4.78, 5) is 19.5.